The molecule has 0 amide bonds. The quantitative estimate of drug-likeness (QED) is 0.855. The van der Waals surface area contributed by atoms with E-state index in [1.54, 1.807) is 24.3 Å². The highest BCUT2D eigenvalue weighted by atomic mass is 19.1. The van der Waals surface area contributed by atoms with Gasteiger partial charge in [0, 0.05) is 11.6 Å². The molecule has 0 saturated heterocycles. The average molecular weight is 274 g/mol. The molecule has 0 aromatic heterocycles. The van der Waals surface area contributed by atoms with Crippen LogP contribution in [0.1, 0.15) is 12.5 Å². The number of benzene rings is 2. The summed E-state index contributed by atoms with van der Waals surface area (Å²) >= 11 is 0. The zero-order valence-corrected chi connectivity index (χ0v) is 10.7. The van der Waals surface area contributed by atoms with E-state index in [0.29, 0.717) is 16.7 Å². The highest BCUT2D eigenvalue weighted by molar-refractivity contribution is 5.91. The first kappa shape index (κ1) is 13.9. The van der Waals surface area contributed by atoms with E-state index in [0.717, 1.165) is 6.07 Å². The maximum absolute atomic E-state index is 13.1. The number of halogens is 2. The zero-order chi connectivity index (χ0) is 14.7. The fourth-order valence-corrected chi connectivity index (χ4v) is 1.80. The van der Waals surface area contributed by atoms with Gasteiger partial charge in [0.2, 0.25) is 0 Å². The van der Waals surface area contributed by atoms with Crippen LogP contribution in [0.15, 0.2) is 48.0 Å². The Hall–Kier alpha value is -2.49. The minimum Gasteiger partial charge on any atom is -0.478 e. The van der Waals surface area contributed by atoms with Crippen molar-refractivity contribution < 1.29 is 18.7 Å². The van der Waals surface area contributed by atoms with Crippen LogP contribution in [0.2, 0.25) is 0 Å². The van der Waals surface area contributed by atoms with Crippen molar-refractivity contribution in [3.63, 3.8) is 0 Å². The van der Waals surface area contributed by atoms with Crippen LogP contribution in [-0.4, -0.2) is 11.1 Å². The third-order valence-electron chi connectivity index (χ3n) is 2.83. The van der Waals surface area contributed by atoms with Gasteiger partial charge in [-0.25, -0.2) is 13.6 Å². The van der Waals surface area contributed by atoms with Crippen LogP contribution in [0.3, 0.4) is 0 Å². The Bertz CT molecular complexity index is 653. The number of aliphatic carboxylic acids is 1. The zero-order valence-electron chi connectivity index (χ0n) is 10.7. The molecule has 102 valence electrons. The molecule has 0 aliphatic carbocycles. The first-order chi connectivity index (χ1) is 9.45. The van der Waals surface area contributed by atoms with Crippen molar-refractivity contribution in [1.29, 1.82) is 0 Å². The number of carboxylic acids is 1. The van der Waals surface area contributed by atoms with Crippen LogP contribution in [0.5, 0.6) is 0 Å². The molecule has 0 atom stereocenters. The minimum atomic E-state index is -0.985. The summed E-state index contributed by atoms with van der Waals surface area (Å²) in [6.07, 6.45) is 1.53. The molecule has 1 N–H and O–H groups in total. The van der Waals surface area contributed by atoms with E-state index in [9.17, 15) is 13.6 Å². The second-order valence-corrected chi connectivity index (χ2v) is 4.41. The Labute approximate surface area is 115 Å². The van der Waals surface area contributed by atoms with Gasteiger partial charge >= 0.3 is 5.97 Å². The van der Waals surface area contributed by atoms with Crippen LogP contribution in [0, 0.1) is 11.6 Å². The van der Waals surface area contributed by atoms with Crippen molar-refractivity contribution in [3.8, 4) is 11.1 Å². The maximum atomic E-state index is 13.1. The molecule has 2 aromatic carbocycles. The topological polar surface area (TPSA) is 37.3 Å². The monoisotopic (exact) mass is 274 g/mol. The molecule has 0 unspecified atom stereocenters. The Balaban J connectivity index is 2.33. The molecule has 0 heterocycles. The molecule has 2 rings (SSSR count). The van der Waals surface area contributed by atoms with Gasteiger partial charge in [-0.05, 0) is 41.8 Å². The minimum absolute atomic E-state index is 0.217. The van der Waals surface area contributed by atoms with E-state index in [2.05, 4.69) is 0 Å². The van der Waals surface area contributed by atoms with E-state index in [1.807, 2.05) is 0 Å². The summed E-state index contributed by atoms with van der Waals surface area (Å²) in [7, 11) is 0. The summed E-state index contributed by atoms with van der Waals surface area (Å²) in [6, 6.07) is 10.1. The molecule has 0 fully saturated rings. The van der Waals surface area contributed by atoms with Gasteiger partial charge in [-0.1, -0.05) is 24.3 Å². The Morgan fingerprint density at radius 1 is 1.00 bits per heavy atom. The summed E-state index contributed by atoms with van der Waals surface area (Å²) in [5.74, 6) is -2.25. The summed E-state index contributed by atoms with van der Waals surface area (Å²) in [6.45, 7) is 1.50. The molecule has 2 aromatic rings. The van der Waals surface area contributed by atoms with Gasteiger partial charge < -0.3 is 5.11 Å². The molecular weight excluding hydrogens is 262 g/mol. The fourth-order valence-electron chi connectivity index (χ4n) is 1.80. The SMILES string of the molecule is CC(=Cc1ccc(-c2cc(F)cc(F)c2)cc1)C(=O)O. The number of rotatable bonds is 3. The van der Waals surface area contributed by atoms with Crippen LogP contribution in [-0.2, 0) is 4.79 Å². The number of hydrogen-bond acceptors (Lipinski definition) is 1. The summed E-state index contributed by atoms with van der Waals surface area (Å²) in [5.41, 5.74) is 2.03. The molecule has 0 aliphatic rings. The number of hydrogen-bond donors (Lipinski definition) is 1. The third kappa shape index (κ3) is 3.29. The molecule has 4 heteroatoms. The smallest absolute Gasteiger partial charge is 0.331 e. The molecule has 0 aliphatic heterocycles. The van der Waals surface area contributed by atoms with Gasteiger partial charge in [0.1, 0.15) is 11.6 Å². The second-order valence-electron chi connectivity index (χ2n) is 4.41. The normalized spacial score (nSPS) is 11.4. The fraction of sp³-hybridized carbons (Fsp3) is 0.0625. The van der Waals surface area contributed by atoms with Gasteiger partial charge in [0.05, 0.1) is 0 Å². The first-order valence-electron chi connectivity index (χ1n) is 5.94. The lowest BCUT2D eigenvalue weighted by molar-refractivity contribution is -0.132. The van der Waals surface area contributed by atoms with Crippen molar-refractivity contribution in [2.45, 2.75) is 6.92 Å². The van der Waals surface area contributed by atoms with Crippen LogP contribution >= 0.6 is 0 Å². The van der Waals surface area contributed by atoms with Gasteiger partial charge in [-0.15, -0.1) is 0 Å². The first-order valence-corrected chi connectivity index (χ1v) is 5.94. The molecule has 20 heavy (non-hydrogen) atoms. The molecule has 0 bridgehead atoms. The Morgan fingerprint density at radius 3 is 2.05 bits per heavy atom. The molecule has 0 spiro atoms. The molecule has 2 nitrogen and oxygen atoms in total. The van der Waals surface area contributed by atoms with E-state index < -0.39 is 17.6 Å². The highest BCUT2D eigenvalue weighted by Crippen LogP contribution is 2.22. The van der Waals surface area contributed by atoms with Crippen LogP contribution < -0.4 is 0 Å². The third-order valence-corrected chi connectivity index (χ3v) is 2.83. The van der Waals surface area contributed by atoms with Gasteiger partial charge in [0.25, 0.3) is 0 Å². The number of carbonyl (C=O) groups is 1. The van der Waals surface area contributed by atoms with Crippen molar-refractivity contribution in [2.24, 2.45) is 0 Å². The van der Waals surface area contributed by atoms with E-state index in [1.165, 1.54) is 25.1 Å². The van der Waals surface area contributed by atoms with Crippen molar-refractivity contribution in [1.82, 2.24) is 0 Å². The predicted octanol–water partition coefficient (Wildman–Crippen LogP) is 4.12. The molecule has 0 radical (unpaired) electrons. The van der Waals surface area contributed by atoms with Crippen LogP contribution in [0.4, 0.5) is 8.78 Å². The Morgan fingerprint density at radius 2 is 1.55 bits per heavy atom. The summed E-state index contributed by atoms with van der Waals surface area (Å²) in [4.78, 5) is 10.7. The van der Waals surface area contributed by atoms with Crippen molar-refractivity contribution in [2.75, 3.05) is 0 Å². The van der Waals surface area contributed by atoms with Gasteiger partial charge in [0.15, 0.2) is 0 Å². The van der Waals surface area contributed by atoms with E-state index in [-0.39, 0.29) is 5.57 Å². The van der Waals surface area contributed by atoms with E-state index in [4.69, 9.17) is 5.11 Å². The molecule has 0 saturated carbocycles. The van der Waals surface area contributed by atoms with Crippen LogP contribution in [0.25, 0.3) is 17.2 Å². The van der Waals surface area contributed by atoms with Crippen molar-refractivity contribution in [3.05, 3.63) is 65.2 Å². The maximum Gasteiger partial charge on any atom is 0.331 e. The summed E-state index contributed by atoms with van der Waals surface area (Å²) < 4.78 is 26.3. The van der Waals surface area contributed by atoms with Gasteiger partial charge in [-0.3, -0.25) is 0 Å². The summed E-state index contributed by atoms with van der Waals surface area (Å²) in [5, 5.41) is 8.79. The standard InChI is InChI=1S/C16H12F2O2/c1-10(16(19)20)6-11-2-4-12(5-3-11)13-7-14(17)9-15(18)8-13/h2-9H,1H3,(H,19,20). The lowest BCUT2D eigenvalue weighted by atomic mass is 10.0. The van der Waals surface area contributed by atoms with E-state index >= 15 is 0 Å². The Kier molecular flexibility index (Phi) is 3.94. The lowest BCUT2D eigenvalue weighted by Crippen LogP contribution is -1.95. The van der Waals surface area contributed by atoms with Gasteiger partial charge in [-0.2, -0.15) is 0 Å². The second kappa shape index (κ2) is 5.65. The lowest BCUT2D eigenvalue weighted by Gasteiger charge is -2.03. The van der Waals surface area contributed by atoms with Crippen molar-refractivity contribution >= 4 is 12.0 Å². The number of carboxylic acid groups (broad SMARTS) is 1. The predicted molar refractivity (Wildman–Crippen MR) is 73.1 cm³/mol. The highest BCUT2D eigenvalue weighted by Gasteiger charge is 2.04. The molecular formula is C16H12F2O2. The average Bonchev–Trinajstić information content (AvgIpc) is 2.38. The largest absolute Gasteiger partial charge is 0.478 e.